The van der Waals surface area contributed by atoms with Crippen molar-refractivity contribution in [3.8, 4) is 10.8 Å². The van der Waals surface area contributed by atoms with E-state index >= 15 is 0 Å². The van der Waals surface area contributed by atoms with E-state index in [2.05, 4.69) is 20.8 Å². The van der Waals surface area contributed by atoms with Crippen LogP contribution in [0, 0.1) is 0 Å². The highest BCUT2D eigenvalue weighted by molar-refractivity contribution is 7.13. The van der Waals surface area contributed by atoms with Crippen molar-refractivity contribution in [1.29, 1.82) is 0 Å². The van der Waals surface area contributed by atoms with Gasteiger partial charge in [0.15, 0.2) is 0 Å². The maximum atomic E-state index is 11.8. The molecular weight excluding hydrogens is 336 g/mol. The first-order chi connectivity index (χ1) is 11.2. The number of urea groups is 1. The molecule has 2 aromatic heterocycles. The summed E-state index contributed by atoms with van der Waals surface area (Å²) in [5, 5.41) is 16.0. The van der Waals surface area contributed by atoms with Gasteiger partial charge in [0.25, 0.3) is 5.89 Å². The van der Waals surface area contributed by atoms with E-state index in [4.69, 9.17) is 16.0 Å². The molecule has 0 bridgehead atoms. The summed E-state index contributed by atoms with van der Waals surface area (Å²) in [6.45, 7) is 0.394. The number of thiophene rings is 1. The fourth-order valence-corrected chi connectivity index (χ4v) is 2.62. The molecule has 0 radical (unpaired) electrons. The molecule has 0 aliphatic carbocycles. The summed E-state index contributed by atoms with van der Waals surface area (Å²) in [7, 11) is 0. The second-order valence-corrected chi connectivity index (χ2v) is 6.00. The van der Waals surface area contributed by atoms with Crippen molar-refractivity contribution in [3.05, 3.63) is 52.7 Å². The van der Waals surface area contributed by atoms with Gasteiger partial charge in [-0.3, -0.25) is 0 Å². The van der Waals surface area contributed by atoms with Gasteiger partial charge in [-0.15, -0.1) is 21.5 Å². The van der Waals surface area contributed by atoms with E-state index in [-0.39, 0.29) is 6.03 Å². The molecule has 0 saturated carbocycles. The maximum absolute atomic E-state index is 11.8. The van der Waals surface area contributed by atoms with Crippen LogP contribution in [-0.2, 0) is 6.42 Å². The second-order valence-electron chi connectivity index (χ2n) is 4.62. The topological polar surface area (TPSA) is 80.1 Å². The largest absolute Gasteiger partial charge is 0.420 e. The van der Waals surface area contributed by atoms with Crippen LogP contribution >= 0.6 is 22.9 Å². The Hall–Kier alpha value is -2.38. The highest BCUT2D eigenvalue weighted by atomic mass is 35.5. The van der Waals surface area contributed by atoms with Crippen molar-refractivity contribution in [2.75, 3.05) is 11.9 Å². The van der Waals surface area contributed by atoms with E-state index in [0.29, 0.717) is 35.5 Å². The van der Waals surface area contributed by atoms with Crippen molar-refractivity contribution >= 4 is 34.7 Å². The molecule has 1 aromatic carbocycles. The number of nitrogens with one attached hydrogen (secondary N) is 2. The van der Waals surface area contributed by atoms with Crippen molar-refractivity contribution in [1.82, 2.24) is 15.5 Å². The zero-order valence-electron chi connectivity index (χ0n) is 12.0. The summed E-state index contributed by atoms with van der Waals surface area (Å²) in [5.74, 6) is 0.987. The Balaban J connectivity index is 1.46. The quantitative estimate of drug-likeness (QED) is 0.734. The molecule has 0 unspecified atom stereocenters. The van der Waals surface area contributed by atoms with Crippen molar-refractivity contribution in [3.63, 3.8) is 0 Å². The number of carbonyl (C=O) groups is 1. The number of amides is 2. The smallest absolute Gasteiger partial charge is 0.319 e. The molecule has 3 aromatic rings. The van der Waals surface area contributed by atoms with Crippen molar-refractivity contribution < 1.29 is 9.21 Å². The van der Waals surface area contributed by atoms with Gasteiger partial charge < -0.3 is 15.1 Å². The number of nitrogens with zero attached hydrogens (tertiary/aromatic N) is 2. The van der Waals surface area contributed by atoms with E-state index < -0.39 is 0 Å². The molecule has 2 heterocycles. The van der Waals surface area contributed by atoms with Crippen LogP contribution in [-0.4, -0.2) is 22.8 Å². The molecule has 0 aliphatic heterocycles. The molecule has 2 amide bonds. The van der Waals surface area contributed by atoms with E-state index in [0.717, 1.165) is 4.88 Å². The predicted octanol–water partition coefficient (Wildman–Crippen LogP) is 3.82. The van der Waals surface area contributed by atoms with Gasteiger partial charge in [-0.2, -0.15) is 0 Å². The normalized spacial score (nSPS) is 10.5. The Morgan fingerprint density at radius 2 is 2.04 bits per heavy atom. The molecule has 0 spiro atoms. The van der Waals surface area contributed by atoms with Crippen molar-refractivity contribution in [2.45, 2.75) is 6.42 Å². The number of rotatable bonds is 5. The second kappa shape index (κ2) is 7.26. The van der Waals surface area contributed by atoms with Crippen LogP contribution in [0.1, 0.15) is 5.89 Å². The Labute approximate surface area is 141 Å². The van der Waals surface area contributed by atoms with Crippen LogP contribution in [0.25, 0.3) is 10.8 Å². The lowest BCUT2D eigenvalue weighted by molar-refractivity contribution is 0.252. The maximum Gasteiger partial charge on any atom is 0.319 e. The van der Waals surface area contributed by atoms with E-state index in [1.54, 1.807) is 24.3 Å². The molecule has 0 aliphatic rings. The summed E-state index contributed by atoms with van der Waals surface area (Å²) < 4.78 is 5.54. The molecule has 0 fully saturated rings. The number of carbonyl (C=O) groups excluding carboxylic acids is 1. The Bertz CT molecular complexity index is 771. The molecule has 6 nitrogen and oxygen atoms in total. The van der Waals surface area contributed by atoms with Gasteiger partial charge in [0.2, 0.25) is 5.89 Å². The lowest BCUT2D eigenvalue weighted by Crippen LogP contribution is -2.30. The molecule has 118 valence electrons. The van der Waals surface area contributed by atoms with Gasteiger partial charge >= 0.3 is 6.03 Å². The van der Waals surface area contributed by atoms with Crippen LogP contribution in [0.15, 0.2) is 46.2 Å². The highest BCUT2D eigenvalue weighted by Gasteiger charge is 2.09. The van der Waals surface area contributed by atoms with Crippen LogP contribution in [0.2, 0.25) is 5.02 Å². The van der Waals surface area contributed by atoms with E-state index in [9.17, 15) is 4.79 Å². The van der Waals surface area contributed by atoms with Crippen LogP contribution < -0.4 is 10.6 Å². The summed E-state index contributed by atoms with van der Waals surface area (Å²) >= 11 is 7.32. The SMILES string of the molecule is O=C(NCCc1nnc(-c2cccs2)o1)Nc1ccc(Cl)cc1. The van der Waals surface area contributed by atoms with Gasteiger partial charge in [0.05, 0.1) is 4.88 Å². The third kappa shape index (κ3) is 4.30. The number of benzene rings is 1. The summed E-state index contributed by atoms with van der Waals surface area (Å²) in [6, 6.07) is 10.4. The zero-order valence-corrected chi connectivity index (χ0v) is 13.5. The third-order valence-electron chi connectivity index (χ3n) is 2.93. The standard InChI is InChI=1S/C15H13ClN4O2S/c16-10-3-5-11(6-4-10)18-15(21)17-8-7-13-19-20-14(22-13)12-2-1-9-23-12/h1-6,9H,7-8H2,(H2,17,18,21). The molecule has 3 rings (SSSR count). The first kappa shape index (κ1) is 15.5. The first-order valence-electron chi connectivity index (χ1n) is 6.87. The zero-order chi connectivity index (χ0) is 16.1. The lowest BCUT2D eigenvalue weighted by atomic mass is 10.3. The van der Waals surface area contributed by atoms with Crippen molar-refractivity contribution in [2.24, 2.45) is 0 Å². The minimum atomic E-state index is -0.301. The van der Waals surface area contributed by atoms with Gasteiger partial charge in [-0.05, 0) is 35.7 Å². The summed E-state index contributed by atoms with van der Waals surface area (Å²) in [5.41, 5.74) is 0.671. The third-order valence-corrected chi connectivity index (χ3v) is 4.04. The Morgan fingerprint density at radius 1 is 1.22 bits per heavy atom. The fourth-order valence-electron chi connectivity index (χ4n) is 1.85. The number of anilines is 1. The minimum absolute atomic E-state index is 0.301. The van der Waals surface area contributed by atoms with Gasteiger partial charge in [0.1, 0.15) is 0 Å². The molecule has 0 atom stereocenters. The molecule has 2 N–H and O–H groups in total. The van der Waals surface area contributed by atoms with Crippen LogP contribution in [0.5, 0.6) is 0 Å². The Morgan fingerprint density at radius 3 is 2.78 bits per heavy atom. The lowest BCUT2D eigenvalue weighted by Gasteiger charge is -2.06. The van der Waals surface area contributed by atoms with Gasteiger partial charge in [-0.1, -0.05) is 17.7 Å². The van der Waals surface area contributed by atoms with E-state index in [1.165, 1.54) is 11.3 Å². The highest BCUT2D eigenvalue weighted by Crippen LogP contribution is 2.22. The van der Waals surface area contributed by atoms with Gasteiger partial charge in [-0.25, -0.2) is 4.79 Å². The number of halogens is 1. The molecule has 0 saturated heterocycles. The number of hydrogen-bond acceptors (Lipinski definition) is 5. The van der Waals surface area contributed by atoms with E-state index in [1.807, 2.05) is 17.5 Å². The molecular formula is C15H13ClN4O2S. The average molecular weight is 349 g/mol. The first-order valence-corrected chi connectivity index (χ1v) is 8.13. The van der Waals surface area contributed by atoms with Gasteiger partial charge in [0, 0.05) is 23.7 Å². The monoisotopic (exact) mass is 348 g/mol. The number of aromatic nitrogens is 2. The Kier molecular flexibility index (Phi) is 4.89. The molecule has 23 heavy (non-hydrogen) atoms. The average Bonchev–Trinajstić information content (AvgIpc) is 3.20. The summed E-state index contributed by atoms with van der Waals surface area (Å²) in [6.07, 6.45) is 0.465. The number of hydrogen-bond donors (Lipinski definition) is 2. The molecule has 8 heteroatoms. The van der Waals surface area contributed by atoms with Crippen LogP contribution in [0.4, 0.5) is 10.5 Å². The predicted molar refractivity (Wildman–Crippen MR) is 89.8 cm³/mol. The minimum Gasteiger partial charge on any atom is -0.420 e. The van der Waals surface area contributed by atoms with Crippen LogP contribution in [0.3, 0.4) is 0 Å². The fraction of sp³-hybridized carbons (Fsp3) is 0.133. The summed E-state index contributed by atoms with van der Waals surface area (Å²) in [4.78, 5) is 12.7.